The average Bonchev–Trinajstić information content (AvgIpc) is 2.84. The van der Waals surface area contributed by atoms with Crippen LogP contribution in [-0.2, 0) is 19.3 Å². The summed E-state index contributed by atoms with van der Waals surface area (Å²) in [7, 11) is 0. The number of hydrogen-bond acceptors (Lipinski definition) is 4. The number of nitrogens with one attached hydrogen (secondary N) is 1. The Morgan fingerprint density at radius 3 is 2.29 bits per heavy atom. The van der Waals surface area contributed by atoms with E-state index in [0.29, 0.717) is 0 Å². The summed E-state index contributed by atoms with van der Waals surface area (Å²) in [4.78, 5) is 4.93. The van der Waals surface area contributed by atoms with Gasteiger partial charge in [0.05, 0.1) is 16.9 Å². The first-order valence-electron chi connectivity index (χ1n) is 11.1. The van der Waals surface area contributed by atoms with Crippen LogP contribution in [0.15, 0.2) is 89.1 Å². The third-order valence-corrected chi connectivity index (χ3v) is 5.86. The lowest BCUT2D eigenvalue weighted by molar-refractivity contribution is 0.672. The van der Waals surface area contributed by atoms with E-state index >= 15 is 0 Å². The molecule has 1 aliphatic carbocycles. The highest BCUT2D eigenvalue weighted by molar-refractivity contribution is 5.93. The smallest absolute Gasteiger partial charge is 0.0857 e. The van der Waals surface area contributed by atoms with Crippen LogP contribution in [-0.4, -0.2) is 11.5 Å². The van der Waals surface area contributed by atoms with Crippen LogP contribution in [0.3, 0.4) is 0 Å². The maximum atomic E-state index is 4.93. The molecular weight excluding hydrogens is 380 g/mol. The molecule has 0 radical (unpaired) electrons. The second kappa shape index (κ2) is 9.09. The Labute approximate surface area is 183 Å². The molecule has 1 N–H and O–H groups in total. The monoisotopic (exact) mass is 406 g/mol. The van der Waals surface area contributed by atoms with E-state index in [1.165, 1.54) is 40.7 Å². The maximum Gasteiger partial charge on any atom is 0.0857 e. The molecule has 0 aliphatic heterocycles. The first kappa shape index (κ1) is 19.4. The lowest BCUT2D eigenvalue weighted by Crippen LogP contribution is -2.13. The van der Waals surface area contributed by atoms with Crippen LogP contribution in [0.1, 0.15) is 29.7 Å². The summed E-state index contributed by atoms with van der Waals surface area (Å²) < 4.78 is 0. The van der Waals surface area contributed by atoms with Gasteiger partial charge in [-0.25, -0.2) is 0 Å². The van der Waals surface area contributed by atoms with E-state index < -0.39 is 0 Å². The molecule has 0 saturated heterocycles. The summed E-state index contributed by atoms with van der Waals surface area (Å²) in [6.07, 6.45) is 5.67. The minimum absolute atomic E-state index is 0.865. The molecule has 4 nitrogen and oxygen atoms in total. The number of fused-ring (bicyclic) bond motifs is 2. The van der Waals surface area contributed by atoms with Gasteiger partial charge in [-0.1, -0.05) is 48.5 Å². The van der Waals surface area contributed by atoms with Crippen molar-refractivity contribution in [2.24, 2.45) is 10.2 Å². The Morgan fingerprint density at radius 2 is 1.45 bits per heavy atom. The molecule has 5 rings (SSSR count). The molecule has 1 aliphatic rings. The van der Waals surface area contributed by atoms with Crippen molar-refractivity contribution in [3.8, 4) is 0 Å². The number of pyridine rings is 1. The fraction of sp³-hybridized carbons (Fsp3) is 0.222. The van der Waals surface area contributed by atoms with Crippen LogP contribution in [0.4, 0.5) is 17.1 Å². The second-order valence-electron chi connectivity index (χ2n) is 8.02. The van der Waals surface area contributed by atoms with Crippen LogP contribution < -0.4 is 5.32 Å². The molecule has 4 aromatic rings. The lowest BCUT2D eigenvalue weighted by atomic mass is 9.92. The zero-order valence-corrected chi connectivity index (χ0v) is 17.6. The third-order valence-electron chi connectivity index (χ3n) is 5.86. The van der Waals surface area contributed by atoms with Gasteiger partial charge in [0.2, 0.25) is 0 Å². The normalized spacial score (nSPS) is 13.4. The molecule has 0 spiro atoms. The van der Waals surface area contributed by atoms with Gasteiger partial charge in [-0.2, -0.15) is 10.2 Å². The number of aromatic nitrogens is 1. The van der Waals surface area contributed by atoms with Gasteiger partial charge in [0, 0.05) is 23.3 Å². The molecule has 4 heteroatoms. The summed E-state index contributed by atoms with van der Waals surface area (Å²) in [6.45, 7) is 0.894. The predicted molar refractivity (Wildman–Crippen MR) is 128 cm³/mol. The van der Waals surface area contributed by atoms with Gasteiger partial charge < -0.3 is 5.32 Å². The highest BCUT2D eigenvalue weighted by Gasteiger charge is 2.17. The number of aryl methyl sites for hydroxylation is 1. The van der Waals surface area contributed by atoms with E-state index in [0.717, 1.165) is 42.7 Å². The number of hydrogen-bond donors (Lipinski definition) is 1. The van der Waals surface area contributed by atoms with Gasteiger partial charge >= 0.3 is 0 Å². The van der Waals surface area contributed by atoms with E-state index in [9.17, 15) is 0 Å². The van der Waals surface area contributed by atoms with Gasteiger partial charge in [0.1, 0.15) is 0 Å². The van der Waals surface area contributed by atoms with Crippen LogP contribution in [0, 0.1) is 0 Å². The fourth-order valence-electron chi connectivity index (χ4n) is 4.25. The zero-order valence-electron chi connectivity index (χ0n) is 17.6. The second-order valence-corrected chi connectivity index (χ2v) is 8.02. The Hall–Kier alpha value is -3.53. The quantitative estimate of drug-likeness (QED) is 0.345. The summed E-state index contributed by atoms with van der Waals surface area (Å²) >= 11 is 0. The minimum Gasteiger partial charge on any atom is -0.384 e. The molecule has 31 heavy (non-hydrogen) atoms. The van der Waals surface area contributed by atoms with Gasteiger partial charge in [0.15, 0.2) is 0 Å². The number of rotatable bonds is 6. The van der Waals surface area contributed by atoms with Gasteiger partial charge in [0.25, 0.3) is 0 Å². The van der Waals surface area contributed by atoms with Gasteiger partial charge in [-0.3, -0.25) is 4.98 Å². The lowest BCUT2D eigenvalue weighted by Gasteiger charge is -2.21. The molecule has 0 amide bonds. The molecule has 0 atom stereocenters. The van der Waals surface area contributed by atoms with Crippen LogP contribution in [0.25, 0.3) is 10.9 Å². The van der Waals surface area contributed by atoms with Crippen molar-refractivity contribution in [3.63, 3.8) is 0 Å². The van der Waals surface area contributed by atoms with E-state index in [4.69, 9.17) is 4.98 Å². The molecule has 0 unspecified atom stereocenters. The highest BCUT2D eigenvalue weighted by atomic mass is 15.1. The standard InChI is InChI=1S/C27H26N4/c1-2-8-21(9-3-1)30-31-22-16-14-20(15-17-22)18-19-28-27-23-10-4-6-12-25(23)29-26-13-7-5-11-24(26)27/h1-4,6,8-10,12,14-17H,5,7,11,13,18-19H2,(H,28,29). The molecule has 3 aromatic carbocycles. The number of anilines is 1. The first-order chi connectivity index (χ1) is 15.4. The number of nitrogens with zero attached hydrogens (tertiary/aromatic N) is 3. The molecule has 154 valence electrons. The fourth-order valence-corrected chi connectivity index (χ4v) is 4.25. The SMILES string of the molecule is c1ccc(N=Nc2ccc(CCNc3c4c(nc5ccccc35)CCCC4)cc2)cc1. The summed E-state index contributed by atoms with van der Waals surface area (Å²) in [5.41, 5.74) is 8.10. The number of azo groups is 1. The van der Waals surface area contributed by atoms with Crippen molar-refractivity contribution in [3.05, 3.63) is 95.7 Å². The average molecular weight is 407 g/mol. The summed E-state index contributed by atoms with van der Waals surface area (Å²) in [6, 6.07) is 26.6. The topological polar surface area (TPSA) is 49.6 Å². The first-order valence-corrected chi connectivity index (χ1v) is 11.1. The molecular formula is C27H26N4. The maximum absolute atomic E-state index is 4.93. The van der Waals surface area contributed by atoms with Crippen molar-refractivity contribution < 1.29 is 0 Å². The highest BCUT2D eigenvalue weighted by Crippen LogP contribution is 2.33. The van der Waals surface area contributed by atoms with Crippen molar-refractivity contribution in [2.45, 2.75) is 32.1 Å². The Balaban J connectivity index is 1.27. The van der Waals surface area contributed by atoms with E-state index in [2.05, 4.69) is 51.9 Å². The minimum atomic E-state index is 0.865. The molecule has 1 heterocycles. The molecule has 0 bridgehead atoms. The van der Waals surface area contributed by atoms with Gasteiger partial charge in [-0.05, 0) is 73.6 Å². The molecule has 0 fully saturated rings. The van der Waals surface area contributed by atoms with Crippen molar-refractivity contribution in [2.75, 3.05) is 11.9 Å². The van der Waals surface area contributed by atoms with Crippen molar-refractivity contribution >= 4 is 28.0 Å². The summed E-state index contributed by atoms with van der Waals surface area (Å²) in [5.74, 6) is 0. The largest absolute Gasteiger partial charge is 0.384 e. The Morgan fingerprint density at radius 1 is 0.742 bits per heavy atom. The molecule has 1 aromatic heterocycles. The zero-order chi connectivity index (χ0) is 20.9. The third kappa shape index (κ3) is 4.48. The van der Waals surface area contributed by atoms with Crippen molar-refractivity contribution in [1.82, 2.24) is 4.98 Å². The number of para-hydroxylation sites is 1. The van der Waals surface area contributed by atoms with Crippen LogP contribution >= 0.6 is 0 Å². The Bertz CT molecular complexity index is 1200. The number of benzene rings is 3. The van der Waals surface area contributed by atoms with Crippen molar-refractivity contribution in [1.29, 1.82) is 0 Å². The van der Waals surface area contributed by atoms with Crippen LogP contribution in [0.2, 0.25) is 0 Å². The van der Waals surface area contributed by atoms with Gasteiger partial charge in [-0.15, -0.1) is 0 Å². The van der Waals surface area contributed by atoms with Crippen LogP contribution in [0.5, 0.6) is 0 Å². The van der Waals surface area contributed by atoms with E-state index in [-0.39, 0.29) is 0 Å². The van der Waals surface area contributed by atoms with E-state index in [1.807, 2.05) is 42.5 Å². The predicted octanol–water partition coefficient (Wildman–Crippen LogP) is 7.18. The summed E-state index contributed by atoms with van der Waals surface area (Å²) in [5, 5.41) is 13.6. The molecule has 0 saturated carbocycles. The van der Waals surface area contributed by atoms with E-state index in [1.54, 1.807) is 0 Å². The Kier molecular flexibility index (Phi) is 5.70.